The molecule has 3 heteroatoms. The molecule has 0 bridgehead atoms. The first kappa shape index (κ1) is 12.0. The van der Waals surface area contributed by atoms with Crippen molar-refractivity contribution in [1.29, 1.82) is 0 Å². The summed E-state index contributed by atoms with van der Waals surface area (Å²) in [5.74, 6) is 1.83. The second kappa shape index (κ2) is 5.71. The molecule has 1 aromatic carbocycles. The van der Waals surface area contributed by atoms with E-state index < -0.39 is 0 Å². The number of hydrogen-bond donors (Lipinski definition) is 2. The smallest absolute Gasteiger partial charge is 0.0443 e. The number of fused-ring (bicyclic) bond motifs is 1. The number of hydrogen-bond acceptors (Lipinski definition) is 3. The lowest BCUT2D eigenvalue weighted by molar-refractivity contribution is 0.278. The molecule has 0 radical (unpaired) electrons. The van der Waals surface area contributed by atoms with E-state index in [1.54, 1.807) is 0 Å². The van der Waals surface area contributed by atoms with Gasteiger partial charge in [0.25, 0.3) is 0 Å². The van der Waals surface area contributed by atoms with Crippen molar-refractivity contribution in [2.75, 3.05) is 18.9 Å². The average molecular weight is 237 g/mol. The van der Waals surface area contributed by atoms with E-state index in [9.17, 15) is 0 Å². The summed E-state index contributed by atoms with van der Waals surface area (Å²) in [5, 5.41) is 12.4. The van der Waals surface area contributed by atoms with Crippen molar-refractivity contribution >= 4 is 11.8 Å². The Morgan fingerprint density at radius 1 is 1.44 bits per heavy atom. The zero-order chi connectivity index (χ0) is 11.4. The van der Waals surface area contributed by atoms with Gasteiger partial charge in [-0.1, -0.05) is 25.1 Å². The minimum absolute atomic E-state index is 0.268. The normalized spacial score (nSPS) is 24.1. The third-order valence-electron chi connectivity index (χ3n) is 3.02. The first-order valence-electron chi connectivity index (χ1n) is 5.89. The molecule has 0 aliphatic carbocycles. The van der Waals surface area contributed by atoms with Crippen molar-refractivity contribution in [2.24, 2.45) is 5.92 Å². The van der Waals surface area contributed by atoms with Crippen LogP contribution in [0.5, 0.6) is 0 Å². The second-order valence-corrected chi connectivity index (χ2v) is 5.40. The van der Waals surface area contributed by atoms with Crippen LogP contribution in [0.3, 0.4) is 0 Å². The lowest BCUT2D eigenvalue weighted by Gasteiger charge is -2.31. The standard InChI is InChI=1S/C13H19NOS/c1-10-9-16-12-6-3-2-5-11(12)13(10)14-7-4-8-15/h2-3,5-6,10,13-15H,4,7-9H2,1H3. The minimum Gasteiger partial charge on any atom is -0.396 e. The summed E-state index contributed by atoms with van der Waals surface area (Å²) in [7, 11) is 0. The van der Waals surface area contributed by atoms with Crippen molar-refractivity contribution < 1.29 is 5.11 Å². The van der Waals surface area contributed by atoms with E-state index in [1.165, 1.54) is 16.2 Å². The summed E-state index contributed by atoms with van der Waals surface area (Å²) in [6.07, 6.45) is 0.832. The molecule has 0 aromatic heterocycles. The van der Waals surface area contributed by atoms with Gasteiger partial charge in [0, 0.05) is 23.3 Å². The van der Waals surface area contributed by atoms with Crippen LogP contribution in [0.4, 0.5) is 0 Å². The van der Waals surface area contributed by atoms with Crippen LogP contribution in [0.15, 0.2) is 29.2 Å². The summed E-state index contributed by atoms with van der Waals surface area (Å²) < 4.78 is 0. The molecule has 1 aliphatic rings. The molecule has 0 amide bonds. The highest BCUT2D eigenvalue weighted by Gasteiger charge is 2.25. The lowest BCUT2D eigenvalue weighted by atomic mass is 9.95. The third kappa shape index (κ3) is 2.59. The molecule has 2 rings (SSSR count). The van der Waals surface area contributed by atoms with Gasteiger partial charge >= 0.3 is 0 Å². The fourth-order valence-electron chi connectivity index (χ4n) is 2.14. The van der Waals surface area contributed by atoms with Crippen LogP contribution in [0, 0.1) is 5.92 Å². The number of rotatable bonds is 4. The van der Waals surface area contributed by atoms with Gasteiger partial charge in [-0.15, -0.1) is 11.8 Å². The Labute approximate surface area is 101 Å². The summed E-state index contributed by atoms with van der Waals surface area (Å²) in [6, 6.07) is 9.08. The molecule has 1 aromatic rings. The molecule has 2 N–H and O–H groups in total. The quantitative estimate of drug-likeness (QED) is 0.789. The van der Waals surface area contributed by atoms with Crippen LogP contribution < -0.4 is 5.32 Å². The number of thioether (sulfide) groups is 1. The van der Waals surface area contributed by atoms with Crippen LogP contribution in [-0.2, 0) is 0 Å². The van der Waals surface area contributed by atoms with E-state index in [-0.39, 0.29) is 6.61 Å². The van der Waals surface area contributed by atoms with E-state index >= 15 is 0 Å². The molecule has 1 aliphatic heterocycles. The Morgan fingerprint density at radius 2 is 2.25 bits per heavy atom. The molecule has 0 fully saturated rings. The van der Waals surface area contributed by atoms with Crippen molar-refractivity contribution in [3.8, 4) is 0 Å². The van der Waals surface area contributed by atoms with E-state index in [0.717, 1.165) is 13.0 Å². The van der Waals surface area contributed by atoms with E-state index in [2.05, 4.69) is 36.5 Å². The predicted octanol–water partition coefficient (Wildman–Crippen LogP) is 2.44. The van der Waals surface area contributed by atoms with Crippen LogP contribution >= 0.6 is 11.8 Å². The number of benzene rings is 1. The number of aliphatic hydroxyl groups excluding tert-OH is 1. The SMILES string of the molecule is CC1CSc2ccccc2C1NCCCO. The monoisotopic (exact) mass is 237 g/mol. The van der Waals surface area contributed by atoms with Crippen molar-refractivity contribution in [3.05, 3.63) is 29.8 Å². The van der Waals surface area contributed by atoms with E-state index in [0.29, 0.717) is 12.0 Å². The number of aliphatic hydroxyl groups is 1. The summed E-state index contributed by atoms with van der Waals surface area (Å²) >= 11 is 1.95. The average Bonchev–Trinajstić information content (AvgIpc) is 2.32. The van der Waals surface area contributed by atoms with Crippen LogP contribution in [0.2, 0.25) is 0 Å². The molecule has 0 saturated carbocycles. The van der Waals surface area contributed by atoms with Gasteiger partial charge in [-0.3, -0.25) is 0 Å². The highest BCUT2D eigenvalue weighted by atomic mass is 32.2. The molecule has 1 heterocycles. The maximum absolute atomic E-state index is 8.81. The Hall–Kier alpha value is -0.510. The Morgan fingerprint density at radius 3 is 3.06 bits per heavy atom. The van der Waals surface area contributed by atoms with Crippen molar-refractivity contribution in [1.82, 2.24) is 5.32 Å². The second-order valence-electron chi connectivity index (χ2n) is 4.34. The van der Waals surface area contributed by atoms with Gasteiger partial charge in [0.1, 0.15) is 0 Å². The lowest BCUT2D eigenvalue weighted by Crippen LogP contribution is -2.31. The van der Waals surface area contributed by atoms with Crippen molar-refractivity contribution in [3.63, 3.8) is 0 Å². The minimum atomic E-state index is 0.268. The molecule has 88 valence electrons. The molecular weight excluding hydrogens is 218 g/mol. The first-order valence-corrected chi connectivity index (χ1v) is 6.87. The zero-order valence-electron chi connectivity index (χ0n) is 9.65. The molecule has 2 unspecified atom stereocenters. The van der Waals surface area contributed by atoms with Gasteiger partial charge in [-0.05, 0) is 30.5 Å². The Kier molecular flexibility index (Phi) is 4.27. The largest absolute Gasteiger partial charge is 0.396 e. The Bertz CT molecular complexity index is 342. The number of nitrogens with one attached hydrogen (secondary N) is 1. The van der Waals surface area contributed by atoms with E-state index in [4.69, 9.17) is 5.11 Å². The highest BCUT2D eigenvalue weighted by molar-refractivity contribution is 7.99. The third-order valence-corrected chi connectivity index (χ3v) is 4.40. The molecule has 0 spiro atoms. The van der Waals surface area contributed by atoms with Crippen molar-refractivity contribution in [2.45, 2.75) is 24.3 Å². The molecule has 2 nitrogen and oxygen atoms in total. The van der Waals surface area contributed by atoms with Gasteiger partial charge in [-0.25, -0.2) is 0 Å². The molecule has 2 atom stereocenters. The Balaban J connectivity index is 2.10. The summed E-state index contributed by atoms with van der Waals surface area (Å²) in [5.41, 5.74) is 1.42. The van der Waals surface area contributed by atoms with Gasteiger partial charge in [0.05, 0.1) is 0 Å². The van der Waals surface area contributed by atoms with Gasteiger partial charge < -0.3 is 10.4 Å². The maximum Gasteiger partial charge on any atom is 0.0443 e. The van der Waals surface area contributed by atoms with Crippen LogP contribution in [0.1, 0.15) is 24.9 Å². The fraction of sp³-hybridized carbons (Fsp3) is 0.538. The molecular formula is C13H19NOS. The van der Waals surface area contributed by atoms with Crippen LogP contribution in [0.25, 0.3) is 0 Å². The van der Waals surface area contributed by atoms with Gasteiger partial charge in [0.2, 0.25) is 0 Å². The summed E-state index contributed by atoms with van der Waals surface area (Å²) in [6.45, 7) is 3.45. The van der Waals surface area contributed by atoms with Crippen LogP contribution in [-0.4, -0.2) is 24.0 Å². The maximum atomic E-state index is 8.81. The zero-order valence-corrected chi connectivity index (χ0v) is 10.5. The fourth-order valence-corrected chi connectivity index (χ4v) is 3.31. The molecule has 16 heavy (non-hydrogen) atoms. The summed E-state index contributed by atoms with van der Waals surface area (Å²) in [4.78, 5) is 1.40. The predicted molar refractivity (Wildman–Crippen MR) is 68.8 cm³/mol. The first-order chi connectivity index (χ1) is 7.83. The van der Waals surface area contributed by atoms with E-state index in [1.807, 2.05) is 11.8 Å². The topological polar surface area (TPSA) is 32.3 Å². The highest BCUT2D eigenvalue weighted by Crippen LogP contribution is 2.39. The molecule has 0 saturated heterocycles. The van der Waals surface area contributed by atoms with Gasteiger partial charge in [-0.2, -0.15) is 0 Å². The van der Waals surface area contributed by atoms with Gasteiger partial charge in [0.15, 0.2) is 0 Å².